The molecule has 1 aliphatic carbocycles. The summed E-state index contributed by atoms with van der Waals surface area (Å²) in [7, 11) is 0. The van der Waals surface area contributed by atoms with Crippen molar-refractivity contribution in [2.75, 3.05) is 6.26 Å². The normalized spacial score (nSPS) is 27.0. The molecule has 2 aliphatic heterocycles. The Hall–Kier alpha value is -1.75. The molecule has 110 valence electrons. The van der Waals surface area contributed by atoms with Crippen LogP contribution in [0.15, 0.2) is 35.2 Å². The predicted molar refractivity (Wildman–Crippen MR) is 79.7 cm³/mol. The number of fused-ring (bicyclic) bond motifs is 2. The number of hydrogen-bond acceptors (Lipinski definition) is 5. The van der Waals surface area contributed by atoms with Gasteiger partial charge < -0.3 is 9.47 Å². The van der Waals surface area contributed by atoms with E-state index >= 15 is 0 Å². The summed E-state index contributed by atoms with van der Waals surface area (Å²) in [6.45, 7) is 1.36. The second kappa shape index (κ2) is 5.56. The Labute approximate surface area is 127 Å². The molecule has 4 nitrogen and oxygen atoms in total. The van der Waals surface area contributed by atoms with Gasteiger partial charge in [0.1, 0.15) is 18.1 Å². The lowest BCUT2D eigenvalue weighted by atomic mass is 9.80. The second-order valence-electron chi connectivity index (χ2n) is 5.19. The van der Waals surface area contributed by atoms with E-state index in [1.165, 1.54) is 11.8 Å². The van der Waals surface area contributed by atoms with E-state index in [9.17, 15) is 9.59 Å². The Morgan fingerprint density at radius 2 is 2.05 bits per heavy atom. The van der Waals surface area contributed by atoms with Crippen LogP contribution in [0, 0.1) is 5.92 Å². The minimum Gasteiger partial charge on any atom is -0.461 e. The Balaban J connectivity index is 1.89. The fraction of sp³-hybridized carbons (Fsp3) is 0.375. The quantitative estimate of drug-likeness (QED) is 0.635. The minimum absolute atomic E-state index is 0.304. The van der Waals surface area contributed by atoms with E-state index in [-0.39, 0.29) is 18.0 Å². The van der Waals surface area contributed by atoms with Crippen LogP contribution in [0.1, 0.15) is 18.9 Å². The zero-order chi connectivity index (χ0) is 15.0. The van der Waals surface area contributed by atoms with E-state index in [4.69, 9.17) is 9.47 Å². The number of carbonyl (C=O) groups is 2. The molecule has 3 aliphatic rings. The average Bonchev–Trinajstić information content (AvgIpc) is 2.47. The molecule has 0 N–H and O–H groups in total. The van der Waals surface area contributed by atoms with Crippen LogP contribution in [-0.2, 0) is 19.1 Å². The molecule has 0 amide bonds. The van der Waals surface area contributed by atoms with Gasteiger partial charge in [-0.05, 0) is 29.5 Å². The first-order valence-electron chi connectivity index (χ1n) is 6.82. The summed E-state index contributed by atoms with van der Waals surface area (Å²) in [6.07, 6.45) is 3.73. The highest BCUT2D eigenvalue weighted by atomic mass is 32.2. The summed E-state index contributed by atoms with van der Waals surface area (Å²) in [5, 5.41) is 0. The number of esters is 2. The van der Waals surface area contributed by atoms with Gasteiger partial charge in [0, 0.05) is 18.2 Å². The summed E-state index contributed by atoms with van der Waals surface area (Å²) < 4.78 is 10.6. The molecular weight excluding hydrogens is 288 g/mol. The molecule has 1 saturated heterocycles. The molecule has 2 heterocycles. The zero-order valence-corrected chi connectivity index (χ0v) is 12.7. The van der Waals surface area contributed by atoms with Crippen LogP contribution in [0.2, 0.25) is 0 Å². The van der Waals surface area contributed by atoms with E-state index in [1.54, 1.807) is 11.8 Å². The SMILES string of the molecule is CSc1ccc(C2=C[C@@H]3C(=O)O[C@H]2C[C@@H]3OC(C)=O)cc1. The maximum Gasteiger partial charge on any atom is 0.317 e. The van der Waals surface area contributed by atoms with E-state index in [0.29, 0.717) is 6.42 Å². The van der Waals surface area contributed by atoms with Crippen LogP contribution < -0.4 is 0 Å². The topological polar surface area (TPSA) is 52.6 Å². The average molecular weight is 304 g/mol. The van der Waals surface area contributed by atoms with Crippen molar-refractivity contribution in [1.29, 1.82) is 0 Å². The van der Waals surface area contributed by atoms with Crippen molar-refractivity contribution >= 4 is 29.3 Å². The Morgan fingerprint density at radius 1 is 1.33 bits per heavy atom. The highest BCUT2D eigenvalue weighted by molar-refractivity contribution is 7.98. The summed E-state index contributed by atoms with van der Waals surface area (Å²) in [4.78, 5) is 24.2. The lowest BCUT2D eigenvalue weighted by Gasteiger charge is -2.39. The van der Waals surface area contributed by atoms with E-state index in [1.807, 2.05) is 24.5 Å². The van der Waals surface area contributed by atoms with Crippen molar-refractivity contribution in [3.8, 4) is 0 Å². The molecule has 1 aromatic rings. The van der Waals surface area contributed by atoms with Gasteiger partial charge in [-0.25, -0.2) is 0 Å². The van der Waals surface area contributed by atoms with Crippen LogP contribution in [0.4, 0.5) is 0 Å². The number of thioether (sulfide) groups is 1. The number of carbonyl (C=O) groups excluding carboxylic acids is 2. The number of ether oxygens (including phenoxy) is 2. The minimum atomic E-state index is -0.492. The summed E-state index contributed by atoms with van der Waals surface area (Å²) in [5.41, 5.74) is 2.06. The lowest BCUT2D eigenvalue weighted by Crippen LogP contribution is -2.46. The fourth-order valence-electron chi connectivity index (χ4n) is 2.84. The Kier molecular flexibility index (Phi) is 3.76. The van der Waals surface area contributed by atoms with Crippen molar-refractivity contribution in [2.24, 2.45) is 5.92 Å². The van der Waals surface area contributed by atoms with Gasteiger partial charge >= 0.3 is 11.9 Å². The highest BCUT2D eigenvalue weighted by Gasteiger charge is 2.45. The first-order valence-corrected chi connectivity index (χ1v) is 8.05. The van der Waals surface area contributed by atoms with Crippen molar-refractivity contribution in [3.05, 3.63) is 35.9 Å². The van der Waals surface area contributed by atoms with Crippen molar-refractivity contribution in [3.63, 3.8) is 0 Å². The van der Waals surface area contributed by atoms with Crippen molar-refractivity contribution in [1.82, 2.24) is 0 Å². The number of hydrogen-bond donors (Lipinski definition) is 0. The van der Waals surface area contributed by atoms with Crippen LogP contribution in [-0.4, -0.2) is 30.4 Å². The third kappa shape index (κ3) is 2.70. The van der Waals surface area contributed by atoms with Gasteiger partial charge in [0.25, 0.3) is 0 Å². The number of rotatable bonds is 3. The summed E-state index contributed by atoms with van der Waals surface area (Å²) in [5.74, 6) is -1.16. The van der Waals surface area contributed by atoms with Crippen LogP contribution >= 0.6 is 11.8 Å². The van der Waals surface area contributed by atoms with Crippen LogP contribution in [0.25, 0.3) is 5.57 Å². The standard InChI is InChI=1S/C16H16O4S/c1-9(17)19-15-8-14-12(7-13(15)16(18)20-14)10-3-5-11(21-2)6-4-10/h3-7,13-15H,8H2,1-2H3/t13-,14-,15-/m0/s1. The van der Waals surface area contributed by atoms with Crippen LogP contribution in [0.3, 0.4) is 0 Å². The van der Waals surface area contributed by atoms with Gasteiger partial charge in [-0.2, -0.15) is 0 Å². The zero-order valence-electron chi connectivity index (χ0n) is 11.9. The van der Waals surface area contributed by atoms with E-state index in [2.05, 4.69) is 12.1 Å². The van der Waals surface area contributed by atoms with Gasteiger partial charge in [-0.1, -0.05) is 18.2 Å². The van der Waals surface area contributed by atoms with E-state index < -0.39 is 12.0 Å². The van der Waals surface area contributed by atoms with Crippen molar-refractivity contribution in [2.45, 2.75) is 30.4 Å². The van der Waals surface area contributed by atoms with Gasteiger partial charge in [-0.15, -0.1) is 11.8 Å². The Morgan fingerprint density at radius 3 is 2.62 bits per heavy atom. The first-order chi connectivity index (χ1) is 10.1. The largest absolute Gasteiger partial charge is 0.461 e. The fourth-order valence-corrected chi connectivity index (χ4v) is 3.25. The molecule has 0 radical (unpaired) electrons. The molecule has 3 atom stereocenters. The maximum absolute atomic E-state index is 11.9. The van der Waals surface area contributed by atoms with Gasteiger partial charge in [-0.3, -0.25) is 9.59 Å². The molecule has 21 heavy (non-hydrogen) atoms. The molecule has 0 unspecified atom stereocenters. The maximum atomic E-state index is 11.9. The lowest BCUT2D eigenvalue weighted by molar-refractivity contribution is -0.172. The molecule has 1 aromatic carbocycles. The van der Waals surface area contributed by atoms with Gasteiger partial charge in [0.2, 0.25) is 0 Å². The van der Waals surface area contributed by atoms with Gasteiger partial charge in [0.15, 0.2) is 0 Å². The molecule has 0 spiro atoms. The Bertz CT molecular complexity index is 605. The molecule has 1 fully saturated rings. The molecule has 0 saturated carbocycles. The molecule has 4 rings (SSSR count). The van der Waals surface area contributed by atoms with E-state index in [0.717, 1.165) is 11.1 Å². The molecular formula is C16H16O4S. The first kappa shape index (κ1) is 14.2. The second-order valence-corrected chi connectivity index (χ2v) is 6.07. The third-order valence-corrected chi connectivity index (χ3v) is 4.57. The highest BCUT2D eigenvalue weighted by Crippen LogP contribution is 2.40. The van der Waals surface area contributed by atoms with Crippen molar-refractivity contribution < 1.29 is 19.1 Å². The molecule has 2 bridgehead atoms. The molecule has 5 heteroatoms. The monoisotopic (exact) mass is 304 g/mol. The third-order valence-electron chi connectivity index (χ3n) is 3.82. The smallest absolute Gasteiger partial charge is 0.317 e. The summed E-state index contributed by atoms with van der Waals surface area (Å²) in [6, 6.07) is 8.17. The van der Waals surface area contributed by atoms with Gasteiger partial charge in [0.05, 0.1) is 0 Å². The number of benzene rings is 1. The predicted octanol–water partition coefficient (Wildman–Crippen LogP) is 2.67. The molecule has 0 aromatic heterocycles. The van der Waals surface area contributed by atoms with Crippen LogP contribution in [0.5, 0.6) is 0 Å². The summed E-state index contributed by atoms with van der Waals surface area (Å²) >= 11 is 1.68.